The molecule has 0 aromatic heterocycles. The van der Waals surface area contributed by atoms with Gasteiger partial charge in [0.1, 0.15) is 5.75 Å². The number of piperidine rings is 1. The fourth-order valence-electron chi connectivity index (χ4n) is 2.58. The molecule has 1 aromatic carbocycles. The summed E-state index contributed by atoms with van der Waals surface area (Å²) in [5.74, 6) is -0.644. The number of halogens is 1. The summed E-state index contributed by atoms with van der Waals surface area (Å²) in [5.41, 5.74) is 0.870. The van der Waals surface area contributed by atoms with E-state index < -0.39 is 5.97 Å². The van der Waals surface area contributed by atoms with Gasteiger partial charge < -0.3 is 10.2 Å². The van der Waals surface area contributed by atoms with Gasteiger partial charge in [-0.2, -0.15) is 0 Å². The number of carboxylic acids is 1. The molecule has 4 nitrogen and oxygen atoms in total. The summed E-state index contributed by atoms with van der Waals surface area (Å²) in [6, 6.07) is 5.60. The zero-order valence-electron chi connectivity index (χ0n) is 10.8. The van der Waals surface area contributed by atoms with Gasteiger partial charge in [-0.05, 0) is 44.5 Å². The van der Waals surface area contributed by atoms with Crippen LogP contribution in [0.25, 0.3) is 0 Å². The summed E-state index contributed by atoms with van der Waals surface area (Å²) in [4.78, 5) is 13.2. The zero-order valence-corrected chi connectivity index (χ0v) is 12.4. The second-order valence-electron chi connectivity index (χ2n) is 5.15. The van der Waals surface area contributed by atoms with E-state index in [2.05, 4.69) is 20.8 Å². The number of hydrogen-bond donors (Lipinski definition) is 2. The number of aromatic hydroxyl groups is 1. The lowest BCUT2D eigenvalue weighted by atomic mass is 9.91. The van der Waals surface area contributed by atoms with Crippen LogP contribution in [0.1, 0.15) is 25.3 Å². The van der Waals surface area contributed by atoms with Crippen LogP contribution in [0.15, 0.2) is 22.7 Å². The Kier molecular flexibility index (Phi) is 4.47. The third-order valence-electron chi connectivity index (χ3n) is 3.78. The molecule has 1 aliphatic heterocycles. The summed E-state index contributed by atoms with van der Waals surface area (Å²) in [7, 11) is 0. The molecular formula is C14H18BrNO3. The number of phenolic OH excluding ortho intramolecular Hbond substituents is 1. The van der Waals surface area contributed by atoms with Crippen molar-refractivity contribution in [1.82, 2.24) is 4.90 Å². The Morgan fingerprint density at radius 3 is 2.89 bits per heavy atom. The van der Waals surface area contributed by atoms with Crippen molar-refractivity contribution >= 4 is 21.9 Å². The highest BCUT2D eigenvalue weighted by Gasteiger charge is 2.29. The van der Waals surface area contributed by atoms with Crippen LogP contribution >= 0.6 is 15.9 Å². The molecule has 0 bridgehead atoms. The smallest absolute Gasteiger partial charge is 0.306 e. The highest BCUT2D eigenvalue weighted by atomic mass is 79.9. The summed E-state index contributed by atoms with van der Waals surface area (Å²) >= 11 is 3.40. The molecule has 0 saturated carbocycles. The molecule has 0 radical (unpaired) electrons. The number of hydrogen-bond acceptors (Lipinski definition) is 3. The van der Waals surface area contributed by atoms with Crippen molar-refractivity contribution in [3.63, 3.8) is 0 Å². The van der Waals surface area contributed by atoms with Gasteiger partial charge in [-0.1, -0.05) is 15.9 Å². The van der Waals surface area contributed by atoms with E-state index in [9.17, 15) is 9.90 Å². The van der Waals surface area contributed by atoms with Crippen LogP contribution in [-0.4, -0.2) is 33.7 Å². The van der Waals surface area contributed by atoms with Crippen molar-refractivity contribution in [2.45, 2.75) is 32.4 Å². The average molecular weight is 328 g/mol. The fraction of sp³-hybridized carbons (Fsp3) is 0.500. The van der Waals surface area contributed by atoms with Crippen molar-refractivity contribution < 1.29 is 15.0 Å². The lowest BCUT2D eigenvalue weighted by Crippen LogP contribution is -2.42. The number of nitrogens with zero attached hydrogens (tertiary/aromatic N) is 1. The molecule has 0 aliphatic carbocycles. The first-order chi connectivity index (χ1) is 8.97. The van der Waals surface area contributed by atoms with Crippen LogP contribution in [-0.2, 0) is 11.3 Å². The summed E-state index contributed by atoms with van der Waals surface area (Å²) in [6.07, 6.45) is 1.35. The highest BCUT2D eigenvalue weighted by Crippen LogP contribution is 2.28. The largest absolute Gasteiger partial charge is 0.508 e. The number of benzene rings is 1. The van der Waals surface area contributed by atoms with Crippen LogP contribution in [0.4, 0.5) is 0 Å². The Hall–Kier alpha value is -1.07. The monoisotopic (exact) mass is 327 g/mol. The summed E-state index contributed by atoms with van der Waals surface area (Å²) in [5, 5.41) is 18.9. The van der Waals surface area contributed by atoms with Gasteiger partial charge in [-0.25, -0.2) is 0 Å². The van der Waals surface area contributed by atoms with Crippen molar-refractivity contribution in [3.05, 3.63) is 28.2 Å². The Bertz CT molecular complexity index is 478. The van der Waals surface area contributed by atoms with E-state index in [4.69, 9.17) is 5.11 Å². The molecule has 0 spiro atoms. The molecule has 104 valence electrons. The van der Waals surface area contributed by atoms with Gasteiger partial charge in [0.15, 0.2) is 0 Å². The van der Waals surface area contributed by atoms with E-state index in [1.807, 2.05) is 13.0 Å². The predicted octanol–water partition coefficient (Wildman–Crippen LogP) is 2.84. The average Bonchev–Trinajstić information content (AvgIpc) is 2.36. The van der Waals surface area contributed by atoms with Gasteiger partial charge in [0.05, 0.1) is 5.92 Å². The molecule has 2 N–H and O–H groups in total. The first-order valence-electron chi connectivity index (χ1n) is 6.41. The first-order valence-corrected chi connectivity index (χ1v) is 7.21. The molecular weight excluding hydrogens is 310 g/mol. The fourth-order valence-corrected chi connectivity index (χ4v) is 2.99. The molecule has 1 saturated heterocycles. The molecule has 2 atom stereocenters. The number of phenols is 1. The third-order valence-corrected chi connectivity index (χ3v) is 4.27. The van der Waals surface area contributed by atoms with Crippen molar-refractivity contribution in [2.24, 2.45) is 5.92 Å². The molecule has 5 heteroatoms. The second kappa shape index (κ2) is 5.92. The molecule has 1 fully saturated rings. The number of rotatable bonds is 3. The van der Waals surface area contributed by atoms with Gasteiger partial charge in [-0.3, -0.25) is 9.69 Å². The van der Waals surface area contributed by atoms with Crippen LogP contribution in [0.3, 0.4) is 0 Å². The maximum absolute atomic E-state index is 11.0. The number of aliphatic carboxylic acids is 1. The molecule has 2 rings (SSSR count). The maximum atomic E-state index is 11.0. The topological polar surface area (TPSA) is 60.8 Å². The van der Waals surface area contributed by atoms with E-state index in [0.29, 0.717) is 19.4 Å². The first kappa shape index (κ1) is 14.3. The minimum atomic E-state index is -0.697. The number of carboxylic acid groups (broad SMARTS) is 1. The molecule has 2 unspecified atom stereocenters. The Morgan fingerprint density at radius 2 is 2.26 bits per heavy atom. The summed E-state index contributed by atoms with van der Waals surface area (Å²) < 4.78 is 0.938. The Labute approximate surface area is 121 Å². The Balaban J connectivity index is 2.04. The molecule has 1 aromatic rings. The van der Waals surface area contributed by atoms with E-state index in [-0.39, 0.29) is 17.7 Å². The normalized spacial score (nSPS) is 24.3. The summed E-state index contributed by atoms with van der Waals surface area (Å²) in [6.45, 7) is 3.45. The predicted molar refractivity (Wildman–Crippen MR) is 76.0 cm³/mol. The van der Waals surface area contributed by atoms with Crippen LogP contribution in [0, 0.1) is 5.92 Å². The minimum Gasteiger partial charge on any atom is -0.508 e. The van der Waals surface area contributed by atoms with E-state index in [1.54, 1.807) is 12.1 Å². The zero-order chi connectivity index (χ0) is 14.0. The molecule has 1 heterocycles. The number of likely N-dealkylation sites (tertiary alicyclic amines) is 1. The van der Waals surface area contributed by atoms with E-state index >= 15 is 0 Å². The molecule has 1 aliphatic rings. The standard InChI is InChI=1S/C14H18BrNO3/c1-9-6-10(14(18)19)4-5-16(9)8-11-7-12(15)2-3-13(11)17/h2-3,7,9-10,17H,4-6,8H2,1H3,(H,18,19). The van der Waals surface area contributed by atoms with Gasteiger partial charge >= 0.3 is 5.97 Å². The third kappa shape index (κ3) is 3.48. The van der Waals surface area contributed by atoms with E-state index in [0.717, 1.165) is 16.6 Å². The van der Waals surface area contributed by atoms with Crippen LogP contribution < -0.4 is 0 Å². The second-order valence-corrected chi connectivity index (χ2v) is 6.07. The van der Waals surface area contributed by atoms with Gasteiger partial charge in [0.2, 0.25) is 0 Å². The molecule has 19 heavy (non-hydrogen) atoms. The van der Waals surface area contributed by atoms with Crippen LogP contribution in [0.2, 0.25) is 0 Å². The van der Waals surface area contributed by atoms with Crippen molar-refractivity contribution in [2.75, 3.05) is 6.54 Å². The maximum Gasteiger partial charge on any atom is 0.306 e. The lowest BCUT2D eigenvalue weighted by Gasteiger charge is -2.36. The van der Waals surface area contributed by atoms with Crippen LogP contribution in [0.5, 0.6) is 5.75 Å². The quantitative estimate of drug-likeness (QED) is 0.896. The Morgan fingerprint density at radius 1 is 1.53 bits per heavy atom. The van der Waals surface area contributed by atoms with Gasteiger partial charge in [0.25, 0.3) is 0 Å². The van der Waals surface area contributed by atoms with Crippen molar-refractivity contribution in [3.8, 4) is 5.75 Å². The van der Waals surface area contributed by atoms with Gasteiger partial charge in [0, 0.05) is 22.6 Å². The van der Waals surface area contributed by atoms with Crippen molar-refractivity contribution in [1.29, 1.82) is 0 Å². The molecule has 0 amide bonds. The highest BCUT2D eigenvalue weighted by molar-refractivity contribution is 9.10. The van der Waals surface area contributed by atoms with E-state index in [1.165, 1.54) is 0 Å². The lowest BCUT2D eigenvalue weighted by molar-refractivity contribution is -0.144. The van der Waals surface area contributed by atoms with Gasteiger partial charge in [-0.15, -0.1) is 0 Å². The minimum absolute atomic E-state index is 0.216. The SMILES string of the molecule is CC1CC(C(=O)O)CCN1Cc1cc(Br)ccc1O. The number of carbonyl (C=O) groups is 1.